The highest BCUT2D eigenvalue weighted by molar-refractivity contribution is 6.13. The lowest BCUT2D eigenvalue weighted by Crippen LogP contribution is -2.55. The number of nitrogens with two attached hydrogens (primary N) is 4. The number of benzene rings is 1. The van der Waals surface area contributed by atoms with E-state index in [1.165, 1.54) is 61.1 Å². The van der Waals surface area contributed by atoms with Gasteiger partial charge in [-0.3, -0.25) is 19.3 Å². The SMILES string of the molecule is C=C(F)c1ccc(N2CCNCC2)nc1C(=O)c1cccnc1N.CC(C)C1OC(=O)N2CCN(c3ccc(C(F)(F)F)c(C(=O)c4cccnc4N)n3)CC12.CC(N)(CNc1ccc(C(F)(F)F)c(C(=O)c2cccnc2N)n1)Cc1ccccc1.[HH].[HH].[HH].[HH].[HH].[HH]. The molecule has 7 aromatic rings. The highest BCUT2D eigenvalue weighted by Gasteiger charge is 2.47. The molecule has 3 unspecified atom stereocenters. The number of fused-ring (bicyclic) bond motifs is 1. The molecule has 1 amide bonds. The number of anilines is 6. The molecule has 0 radical (unpaired) electrons. The van der Waals surface area contributed by atoms with Crippen molar-refractivity contribution in [1.29, 1.82) is 0 Å². The minimum Gasteiger partial charge on any atom is -0.444 e. The Morgan fingerprint density at radius 2 is 1.16 bits per heavy atom. The molecule has 3 aliphatic heterocycles. The number of hydrogen-bond acceptors (Lipinski definition) is 19. The topological polar surface area (TPSA) is 293 Å². The number of halogens is 7. The maximum atomic E-state index is 13.8. The van der Waals surface area contributed by atoms with Gasteiger partial charge in [-0.05, 0) is 97.6 Å². The molecule has 0 bridgehead atoms. The minimum absolute atomic E-state index is 0. The monoisotopic (exact) mass is 1220 g/mol. The Balaban J connectivity index is 0.000000465. The number of amides is 1. The maximum Gasteiger partial charge on any atom is 0.418 e. The molecule has 0 aliphatic carbocycles. The molecular formula is C60H74F7N15O5. The molecule has 468 valence electrons. The normalized spacial score (nSPS) is 16.5. The van der Waals surface area contributed by atoms with Crippen LogP contribution in [0.2, 0.25) is 0 Å². The molecule has 27 heteroatoms. The number of piperazine rings is 2. The van der Waals surface area contributed by atoms with Crippen LogP contribution in [0.25, 0.3) is 5.83 Å². The van der Waals surface area contributed by atoms with E-state index < -0.39 is 69.7 Å². The molecule has 10 rings (SSSR count). The maximum absolute atomic E-state index is 13.8. The molecule has 87 heavy (non-hydrogen) atoms. The molecule has 20 nitrogen and oxygen atoms in total. The molecule has 0 spiro atoms. The lowest BCUT2D eigenvalue weighted by Gasteiger charge is -2.38. The van der Waals surface area contributed by atoms with Crippen molar-refractivity contribution in [3.05, 3.63) is 184 Å². The summed E-state index contributed by atoms with van der Waals surface area (Å²) >= 11 is 0. The number of aromatic nitrogens is 6. The van der Waals surface area contributed by atoms with Crippen molar-refractivity contribution in [3.63, 3.8) is 0 Å². The Hall–Kier alpha value is -9.63. The van der Waals surface area contributed by atoms with Crippen LogP contribution in [0, 0.1) is 5.92 Å². The van der Waals surface area contributed by atoms with E-state index in [9.17, 15) is 49.9 Å². The van der Waals surface area contributed by atoms with E-state index in [0.717, 1.165) is 43.9 Å². The van der Waals surface area contributed by atoms with Crippen molar-refractivity contribution in [3.8, 4) is 0 Å². The molecule has 3 fully saturated rings. The Kier molecular flexibility index (Phi) is 19.5. The predicted molar refractivity (Wildman–Crippen MR) is 326 cm³/mol. The molecule has 1 aromatic carbocycles. The van der Waals surface area contributed by atoms with Crippen LogP contribution in [0.3, 0.4) is 0 Å². The lowest BCUT2D eigenvalue weighted by atomic mass is 9.94. The van der Waals surface area contributed by atoms with E-state index >= 15 is 0 Å². The van der Waals surface area contributed by atoms with E-state index in [2.05, 4.69) is 47.1 Å². The summed E-state index contributed by atoms with van der Waals surface area (Å²) in [4.78, 5) is 80.1. The summed E-state index contributed by atoms with van der Waals surface area (Å²) in [7, 11) is 0. The summed E-state index contributed by atoms with van der Waals surface area (Å²) in [6.45, 7) is 13.4. The summed E-state index contributed by atoms with van der Waals surface area (Å²) in [5.41, 5.74) is 20.0. The van der Waals surface area contributed by atoms with Crippen LogP contribution in [0.4, 0.5) is 70.4 Å². The number of rotatable bonds is 15. The Labute approximate surface area is 504 Å². The summed E-state index contributed by atoms with van der Waals surface area (Å²) in [6.07, 6.45) is -5.55. The number of ketones is 3. The highest BCUT2D eigenvalue weighted by Crippen LogP contribution is 2.37. The second kappa shape index (κ2) is 26.7. The van der Waals surface area contributed by atoms with Crippen LogP contribution in [0.5, 0.6) is 0 Å². The zero-order chi connectivity index (χ0) is 63.0. The van der Waals surface area contributed by atoms with Crippen molar-refractivity contribution in [2.45, 2.75) is 57.2 Å². The molecule has 0 saturated carbocycles. The van der Waals surface area contributed by atoms with Gasteiger partial charge >= 0.3 is 18.4 Å². The first-order valence-electron chi connectivity index (χ1n) is 27.2. The Morgan fingerprint density at radius 1 is 0.667 bits per heavy atom. The average Bonchev–Trinajstić information content (AvgIpc) is 1.40. The summed E-state index contributed by atoms with van der Waals surface area (Å²) in [6, 6.07) is 25.3. The van der Waals surface area contributed by atoms with Gasteiger partial charge in [0.25, 0.3) is 0 Å². The smallest absolute Gasteiger partial charge is 0.418 e. The first kappa shape index (κ1) is 63.4. The lowest BCUT2D eigenvalue weighted by molar-refractivity contribution is -0.138. The number of cyclic esters (lactones) is 1. The van der Waals surface area contributed by atoms with Gasteiger partial charge in [0.05, 0.1) is 33.9 Å². The molecule has 10 N–H and O–H groups in total. The second-order valence-electron chi connectivity index (χ2n) is 21.1. The van der Waals surface area contributed by atoms with Gasteiger partial charge in [0, 0.05) is 90.6 Å². The molecule has 3 atom stereocenters. The van der Waals surface area contributed by atoms with Crippen LogP contribution in [-0.4, -0.2) is 128 Å². The highest BCUT2D eigenvalue weighted by atomic mass is 19.4. The van der Waals surface area contributed by atoms with Crippen molar-refractivity contribution in [1.82, 2.24) is 40.1 Å². The summed E-state index contributed by atoms with van der Waals surface area (Å²) in [5, 5.41) is 6.19. The third-order valence-electron chi connectivity index (χ3n) is 14.3. The number of pyridine rings is 6. The van der Waals surface area contributed by atoms with Gasteiger partial charge in [0.15, 0.2) is 0 Å². The van der Waals surface area contributed by atoms with E-state index in [0.29, 0.717) is 31.9 Å². The van der Waals surface area contributed by atoms with Crippen molar-refractivity contribution >= 4 is 64.2 Å². The molecular weight excluding hydrogens is 1140 g/mol. The van der Waals surface area contributed by atoms with Crippen molar-refractivity contribution < 1.29 is 63.2 Å². The van der Waals surface area contributed by atoms with E-state index in [1.54, 1.807) is 28.0 Å². The average molecular weight is 1220 g/mol. The summed E-state index contributed by atoms with van der Waals surface area (Å²) in [5.74, 6) is -2.32. The number of nitrogens with one attached hydrogen (secondary N) is 2. The van der Waals surface area contributed by atoms with Crippen LogP contribution >= 0.6 is 0 Å². The fourth-order valence-electron chi connectivity index (χ4n) is 9.89. The fraction of sp³-hybridized carbons (Fsp3) is 0.300. The van der Waals surface area contributed by atoms with Crippen molar-refractivity contribution in [2.75, 3.05) is 84.7 Å². The van der Waals surface area contributed by atoms with Crippen LogP contribution in [0.15, 0.2) is 128 Å². The van der Waals surface area contributed by atoms with E-state index in [-0.39, 0.29) is 90.2 Å². The van der Waals surface area contributed by atoms with Crippen LogP contribution in [-0.2, 0) is 23.5 Å². The first-order valence-corrected chi connectivity index (χ1v) is 27.2. The largest absolute Gasteiger partial charge is 0.444 e. The number of alkyl halides is 6. The van der Waals surface area contributed by atoms with Gasteiger partial charge in [-0.15, -0.1) is 0 Å². The quantitative estimate of drug-likeness (QED) is 0.0411. The predicted octanol–water partition coefficient (Wildman–Crippen LogP) is 9.77. The van der Waals surface area contributed by atoms with Crippen LogP contribution in [0.1, 0.15) is 99.7 Å². The second-order valence-corrected chi connectivity index (χ2v) is 21.1. The van der Waals surface area contributed by atoms with E-state index in [4.69, 9.17) is 27.7 Å². The standard InChI is InChI=1S/C22H22F3N5O.C21H22F3N5O3.C17H18FN5O.6H2/c1-21(27,12-14-6-3-2-4-7-14)13-29-17-10-9-16(22(23,24)25)18(30-17)19(31)15-8-5-11-28-20(15)26;1-11(2)18-14-10-28(8-9-29(14)20(31)32-18)15-6-5-13(21(22,23)24)16(27-15)17(30)12-4-3-7-26-19(12)25;1-11(18)12-4-5-14(23-9-7-20-8-10-23)22-15(12)16(24)13-3-2-6-21-17(13)19;;;;;;/h2-11H,12-13,27H2,1H3,(H2,26,28)(H,29,30);3-7,11,14,18H,8-10H2,1-2H3,(H2,25,26);2-6,20H,1,7-10H2,(H2,19,21);6*1H. The minimum atomic E-state index is -4.78. The number of carbonyl (C=O) groups excluding carboxylic acids is 4. The van der Waals surface area contributed by atoms with Gasteiger partial charge in [0.1, 0.15) is 63.9 Å². The summed E-state index contributed by atoms with van der Waals surface area (Å²) < 4.78 is 101. The Morgan fingerprint density at radius 3 is 1.68 bits per heavy atom. The van der Waals surface area contributed by atoms with Gasteiger partial charge in [-0.25, -0.2) is 39.1 Å². The zero-order valence-corrected chi connectivity index (χ0v) is 47.4. The number of carbonyl (C=O) groups is 4. The van der Waals surface area contributed by atoms with Gasteiger partial charge in [0.2, 0.25) is 17.3 Å². The number of nitrogen functional groups attached to an aromatic ring is 3. The third kappa shape index (κ3) is 15.3. The van der Waals surface area contributed by atoms with E-state index in [1.807, 2.05) is 56.0 Å². The number of nitrogens with zero attached hydrogens (tertiary/aromatic N) is 9. The van der Waals surface area contributed by atoms with Gasteiger partial charge in [-0.2, -0.15) is 26.3 Å². The fourth-order valence-corrected chi connectivity index (χ4v) is 9.89. The molecule has 6 aromatic heterocycles. The number of ether oxygens (including phenoxy) is 1. The van der Waals surface area contributed by atoms with Crippen molar-refractivity contribution in [2.24, 2.45) is 11.7 Å². The third-order valence-corrected chi connectivity index (χ3v) is 14.3. The molecule has 3 saturated heterocycles. The zero-order valence-electron chi connectivity index (χ0n) is 47.4. The Bertz CT molecular complexity index is 3690. The molecule has 3 aliphatic rings. The number of hydrogen-bond donors (Lipinski definition) is 6. The van der Waals surface area contributed by atoms with Gasteiger partial charge < -0.3 is 48.1 Å². The van der Waals surface area contributed by atoms with Crippen LogP contribution < -0.4 is 43.4 Å². The van der Waals surface area contributed by atoms with Gasteiger partial charge in [-0.1, -0.05) is 50.8 Å². The first-order chi connectivity index (χ1) is 41.2. The molecule has 9 heterocycles.